The van der Waals surface area contributed by atoms with Gasteiger partial charge in [0.2, 0.25) is 5.91 Å². The summed E-state index contributed by atoms with van der Waals surface area (Å²) in [6.45, 7) is 2.61. The minimum Gasteiger partial charge on any atom is -0.340 e. The van der Waals surface area contributed by atoms with Crippen LogP contribution in [0.5, 0.6) is 0 Å². The van der Waals surface area contributed by atoms with E-state index in [0.717, 1.165) is 25.3 Å². The molecule has 1 aliphatic heterocycles. The molecule has 22 heavy (non-hydrogen) atoms. The van der Waals surface area contributed by atoms with Gasteiger partial charge < -0.3 is 4.90 Å². The summed E-state index contributed by atoms with van der Waals surface area (Å²) in [4.78, 5) is 34.5. The smallest absolute Gasteiger partial charge is 0.279 e. The highest BCUT2D eigenvalue weighted by molar-refractivity contribution is 5.80. The lowest BCUT2D eigenvalue weighted by molar-refractivity contribution is -0.394. The quantitative estimate of drug-likeness (QED) is 0.627. The van der Waals surface area contributed by atoms with Crippen LogP contribution < -0.4 is 0 Å². The maximum Gasteiger partial charge on any atom is 0.279 e. The van der Waals surface area contributed by atoms with Gasteiger partial charge in [0.25, 0.3) is 11.4 Å². The average molecular weight is 307 g/mol. The number of hydrogen-bond acceptors (Lipinski definition) is 5. The Bertz CT molecular complexity index is 616. The van der Waals surface area contributed by atoms with Crippen molar-refractivity contribution in [3.05, 3.63) is 44.0 Å². The second-order valence-electron chi connectivity index (χ2n) is 5.44. The third kappa shape index (κ3) is 3.38. The van der Waals surface area contributed by atoms with E-state index in [1.54, 1.807) is 4.90 Å². The normalized spacial score (nSPS) is 18.0. The molecule has 0 aromatic heterocycles. The monoisotopic (exact) mass is 307 g/mol. The van der Waals surface area contributed by atoms with Gasteiger partial charge in [0.1, 0.15) is 0 Å². The predicted molar refractivity (Wildman–Crippen MR) is 78.5 cm³/mol. The van der Waals surface area contributed by atoms with Gasteiger partial charge in [-0.1, -0.05) is 0 Å². The van der Waals surface area contributed by atoms with Crippen LogP contribution in [0, 0.1) is 20.2 Å². The molecule has 0 spiro atoms. The summed E-state index contributed by atoms with van der Waals surface area (Å²) in [5, 5.41) is 21.8. The Hall–Kier alpha value is -2.51. The van der Waals surface area contributed by atoms with E-state index < -0.39 is 9.85 Å². The molecular formula is C14H17N3O5. The Balaban J connectivity index is 2.23. The van der Waals surface area contributed by atoms with Gasteiger partial charge in [-0.25, -0.2) is 0 Å². The first-order valence-electron chi connectivity index (χ1n) is 7.11. The van der Waals surface area contributed by atoms with Crippen molar-refractivity contribution in [3.63, 3.8) is 0 Å². The molecule has 8 heteroatoms. The fraction of sp³-hybridized carbons (Fsp3) is 0.500. The van der Waals surface area contributed by atoms with Crippen molar-refractivity contribution in [2.45, 2.75) is 38.6 Å². The second kappa shape index (κ2) is 6.50. The minimum absolute atomic E-state index is 0.112. The van der Waals surface area contributed by atoms with Crippen LogP contribution in [-0.4, -0.2) is 33.2 Å². The van der Waals surface area contributed by atoms with E-state index in [-0.39, 0.29) is 35.3 Å². The number of nitrogens with zero attached hydrogens (tertiary/aromatic N) is 3. The van der Waals surface area contributed by atoms with E-state index in [1.165, 1.54) is 12.1 Å². The summed E-state index contributed by atoms with van der Waals surface area (Å²) >= 11 is 0. The summed E-state index contributed by atoms with van der Waals surface area (Å²) in [7, 11) is 0. The molecule has 0 saturated carbocycles. The summed E-state index contributed by atoms with van der Waals surface area (Å²) < 4.78 is 0. The topological polar surface area (TPSA) is 107 Å². The first kappa shape index (κ1) is 15.9. The highest BCUT2D eigenvalue weighted by Crippen LogP contribution is 2.26. The van der Waals surface area contributed by atoms with Crippen LogP contribution in [0.15, 0.2) is 18.2 Å². The number of non-ortho nitro benzene ring substituents is 1. The number of nitro benzene ring substituents is 2. The standard InChI is InChI=1S/C14H17N3O5/c1-10-4-2-3-7-15(10)14(18)8-11-5-6-12(16(19)20)9-13(11)17(21)22/h5-6,9-10H,2-4,7-8H2,1H3/t10-/m1/s1. The Kier molecular flexibility index (Phi) is 4.69. The van der Waals surface area contributed by atoms with Gasteiger partial charge in [0, 0.05) is 24.2 Å². The fourth-order valence-electron chi connectivity index (χ4n) is 2.72. The van der Waals surface area contributed by atoms with E-state index in [4.69, 9.17) is 0 Å². The SMILES string of the molecule is C[C@@H]1CCCCN1C(=O)Cc1ccc([N+](=O)[O-])cc1[N+](=O)[O-]. The maximum absolute atomic E-state index is 12.3. The van der Waals surface area contributed by atoms with Crippen molar-refractivity contribution < 1.29 is 14.6 Å². The van der Waals surface area contributed by atoms with Crippen molar-refractivity contribution in [2.24, 2.45) is 0 Å². The largest absolute Gasteiger partial charge is 0.340 e. The summed E-state index contributed by atoms with van der Waals surface area (Å²) in [6, 6.07) is 3.51. The van der Waals surface area contributed by atoms with Crippen molar-refractivity contribution >= 4 is 17.3 Å². The molecule has 1 heterocycles. The van der Waals surface area contributed by atoms with Crippen molar-refractivity contribution in [3.8, 4) is 0 Å². The molecule has 1 aromatic carbocycles. The molecule has 0 aliphatic carbocycles. The lowest BCUT2D eigenvalue weighted by Crippen LogP contribution is -2.42. The summed E-state index contributed by atoms with van der Waals surface area (Å²) in [6.07, 6.45) is 2.81. The zero-order valence-electron chi connectivity index (χ0n) is 12.2. The molecule has 0 N–H and O–H groups in total. The summed E-state index contributed by atoms with van der Waals surface area (Å²) in [5.74, 6) is -0.177. The van der Waals surface area contributed by atoms with Crippen LogP contribution in [0.3, 0.4) is 0 Å². The molecule has 0 unspecified atom stereocenters. The molecule has 1 aliphatic rings. The molecule has 118 valence electrons. The molecule has 1 aromatic rings. The van der Waals surface area contributed by atoms with E-state index in [1.807, 2.05) is 6.92 Å². The maximum atomic E-state index is 12.3. The first-order chi connectivity index (χ1) is 10.4. The van der Waals surface area contributed by atoms with Gasteiger partial charge in [-0.3, -0.25) is 25.0 Å². The number of benzene rings is 1. The van der Waals surface area contributed by atoms with Crippen LogP contribution in [0.2, 0.25) is 0 Å². The Labute approximate surface area is 127 Å². The molecular weight excluding hydrogens is 290 g/mol. The number of nitro groups is 2. The van der Waals surface area contributed by atoms with Gasteiger partial charge in [0.05, 0.1) is 22.3 Å². The third-order valence-electron chi connectivity index (χ3n) is 3.94. The van der Waals surface area contributed by atoms with E-state index in [2.05, 4.69) is 0 Å². The zero-order valence-corrected chi connectivity index (χ0v) is 12.2. The van der Waals surface area contributed by atoms with Crippen molar-refractivity contribution in [2.75, 3.05) is 6.54 Å². The highest BCUT2D eigenvalue weighted by atomic mass is 16.6. The van der Waals surface area contributed by atoms with Gasteiger partial charge in [-0.05, 0) is 32.3 Å². The van der Waals surface area contributed by atoms with Gasteiger partial charge in [0.15, 0.2) is 0 Å². The predicted octanol–water partition coefficient (Wildman–Crippen LogP) is 2.45. The van der Waals surface area contributed by atoms with Crippen LogP contribution in [-0.2, 0) is 11.2 Å². The first-order valence-corrected chi connectivity index (χ1v) is 7.11. The number of hydrogen-bond donors (Lipinski definition) is 0. The number of carbonyl (C=O) groups excluding carboxylic acids is 1. The van der Waals surface area contributed by atoms with E-state index in [9.17, 15) is 25.0 Å². The number of rotatable bonds is 4. The molecule has 1 saturated heterocycles. The minimum atomic E-state index is -0.689. The molecule has 1 amide bonds. The Morgan fingerprint density at radius 1 is 1.27 bits per heavy atom. The Morgan fingerprint density at radius 3 is 2.59 bits per heavy atom. The highest BCUT2D eigenvalue weighted by Gasteiger charge is 2.26. The van der Waals surface area contributed by atoms with E-state index >= 15 is 0 Å². The molecule has 1 fully saturated rings. The lowest BCUT2D eigenvalue weighted by atomic mass is 10.0. The average Bonchev–Trinajstić information content (AvgIpc) is 2.47. The van der Waals surface area contributed by atoms with Crippen LogP contribution in [0.25, 0.3) is 0 Å². The molecule has 1 atom stereocenters. The van der Waals surface area contributed by atoms with Gasteiger partial charge in [-0.15, -0.1) is 0 Å². The number of piperidine rings is 1. The summed E-state index contributed by atoms with van der Waals surface area (Å²) in [5.41, 5.74) is -0.528. The number of amides is 1. The van der Waals surface area contributed by atoms with Gasteiger partial charge >= 0.3 is 0 Å². The van der Waals surface area contributed by atoms with E-state index in [0.29, 0.717) is 6.54 Å². The number of likely N-dealkylation sites (tertiary alicyclic amines) is 1. The third-order valence-corrected chi connectivity index (χ3v) is 3.94. The number of carbonyl (C=O) groups is 1. The molecule has 0 radical (unpaired) electrons. The fourth-order valence-corrected chi connectivity index (χ4v) is 2.72. The Morgan fingerprint density at radius 2 is 2.00 bits per heavy atom. The van der Waals surface area contributed by atoms with Crippen LogP contribution in [0.4, 0.5) is 11.4 Å². The molecule has 0 bridgehead atoms. The van der Waals surface area contributed by atoms with Gasteiger partial charge in [-0.2, -0.15) is 0 Å². The van der Waals surface area contributed by atoms with Crippen molar-refractivity contribution in [1.29, 1.82) is 0 Å². The van der Waals surface area contributed by atoms with Crippen LogP contribution in [0.1, 0.15) is 31.7 Å². The second-order valence-corrected chi connectivity index (χ2v) is 5.44. The lowest BCUT2D eigenvalue weighted by Gasteiger charge is -2.33. The zero-order chi connectivity index (χ0) is 16.3. The molecule has 8 nitrogen and oxygen atoms in total. The van der Waals surface area contributed by atoms with Crippen LogP contribution >= 0.6 is 0 Å². The molecule has 2 rings (SSSR count). The van der Waals surface area contributed by atoms with Crippen molar-refractivity contribution in [1.82, 2.24) is 4.90 Å².